The summed E-state index contributed by atoms with van der Waals surface area (Å²) in [6, 6.07) is 0. The molecule has 0 aromatic heterocycles. The van der Waals surface area contributed by atoms with Gasteiger partial charge in [0.2, 0.25) is 0 Å². The highest BCUT2D eigenvalue weighted by atomic mass is 16.7. The topological polar surface area (TPSA) is 71.1 Å². The summed E-state index contributed by atoms with van der Waals surface area (Å²) in [5.41, 5.74) is -0.516. The number of carbonyl (C=O) groups is 2. The van der Waals surface area contributed by atoms with Gasteiger partial charge in [-0.15, -0.1) is 0 Å². The van der Waals surface area contributed by atoms with Crippen molar-refractivity contribution in [3.8, 4) is 0 Å². The number of esters is 1. The van der Waals surface area contributed by atoms with Gasteiger partial charge < -0.3 is 18.9 Å². The van der Waals surface area contributed by atoms with E-state index in [-0.39, 0.29) is 31.2 Å². The first-order valence-corrected chi connectivity index (χ1v) is 6.74. The standard InChI is InChI=1S/C14H24O6/c1-13(2,3)20-12(16)7-10-6-11(8-17-9-15)19-14(4,5)18-10/h9-11H,6-8H2,1-5H3/t10-,11+/m0/s1. The van der Waals surface area contributed by atoms with Crippen molar-refractivity contribution in [3.05, 3.63) is 0 Å². The average molecular weight is 288 g/mol. The van der Waals surface area contributed by atoms with Gasteiger partial charge in [0.1, 0.15) is 12.2 Å². The van der Waals surface area contributed by atoms with E-state index in [1.165, 1.54) is 0 Å². The lowest BCUT2D eigenvalue weighted by Crippen LogP contribution is -2.47. The lowest BCUT2D eigenvalue weighted by atomic mass is 10.1. The fourth-order valence-corrected chi connectivity index (χ4v) is 2.16. The Morgan fingerprint density at radius 2 is 1.90 bits per heavy atom. The molecule has 1 saturated heterocycles. The van der Waals surface area contributed by atoms with Crippen LogP contribution in [0.25, 0.3) is 0 Å². The minimum Gasteiger partial charge on any atom is -0.465 e. The molecular formula is C14H24O6. The Labute approximate surface area is 119 Å². The molecule has 6 heteroatoms. The molecular weight excluding hydrogens is 264 g/mol. The highest BCUT2D eigenvalue weighted by Crippen LogP contribution is 2.29. The summed E-state index contributed by atoms with van der Waals surface area (Å²) in [5.74, 6) is -1.13. The van der Waals surface area contributed by atoms with E-state index in [4.69, 9.17) is 18.9 Å². The molecule has 0 unspecified atom stereocenters. The summed E-state index contributed by atoms with van der Waals surface area (Å²) in [4.78, 5) is 22.1. The van der Waals surface area contributed by atoms with Crippen molar-refractivity contribution < 1.29 is 28.5 Å². The van der Waals surface area contributed by atoms with Gasteiger partial charge in [-0.3, -0.25) is 9.59 Å². The second-order valence-electron chi connectivity index (χ2n) is 6.34. The monoisotopic (exact) mass is 288 g/mol. The Bertz CT molecular complexity index is 344. The molecule has 116 valence electrons. The van der Waals surface area contributed by atoms with Crippen LogP contribution in [0.3, 0.4) is 0 Å². The van der Waals surface area contributed by atoms with Crippen molar-refractivity contribution >= 4 is 12.4 Å². The quantitative estimate of drug-likeness (QED) is 0.567. The number of hydrogen-bond donors (Lipinski definition) is 0. The Morgan fingerprint density at radius 3 is 2.45 bits per heavy atom. The van der Waals surface area contributed by atoms with Gasteiger partial charge in [-0.1, -0.05) is 0 Å². The zero-order chi connectivity index (χ0) is 15.4. The van der Waals surface area contributed by atoms with Crippen molar-refractivity contribution in [1.29, 1.82) is 0 Å². The van der Waals surface area contributed by atoms with Gasteiger partial charge in [0.05, 0.1) is 18.6 Å². The first kappa shape index (κ1) is 16.9. The summed E-state index contributed by atoms with van der Waals surface area (Å²) in [5, 5.41) is 0. The van der Waals surface area contributed by atoms with E-state index in [9.17, 15) is 9.59 Å². The van der Waals surface area contributed by atoms with Gasteiger partial charge in [-0.05, 0) is 34.6 Å². The van der Waals surface area contributed by atoms with E-state index in [1.807, 2.05) is 20.8 Å². The molecule has 0 aliphatic carbocycles. The van der Waals surface area contributed by atoms with Crippen LogP contribution in [0, 0.1) is 0 Å². The SMILES string of the molecule is CC(C)(C)OC(=O)C[C@@H]1C[C@H](COC=O)OC(C)(C)O1. The molecule has 20 heavy (non-hydrogen) atoms. The van der Waals surface area contributed by atoms with Crippen LogP contribution in [0.4, 0.5) is 0 Å². The van der Waals surface area contributed by atoms with E-state index < -0.39 is 11.4 Å². The zero-order valence-electron chi connectivity index (χ0n) is 12.8. The van der Waals surface area contributed by atoms with Gasteiger partial charge in [-0.2, -0.15) is 0 Å². The zero-order valence-corrected chi connectivity index (χ0v) is 12.8. The number of rotatable bonds is 5. The van der Waals surface area contributed by atoms with Crippen molar-refractivity contribution in [2.45, 2.75) is 71.1 Å². The fourth-order valence-electron chi connectivity index (χ4n) is 2.16. The van der Waals surface area contributed by atoms with Crippen LogP contribution in [0.1, 0.15) is 47.5 Å². The van der Waals surface area contributed by atoms with Crippen LogP contribution in [0.5, 0.6) is 0 Å². The van der Waals surface area contributed by atoms with Gasteiger partial charge in [0.15, 0.2) is 5.79 Å². The van der Waals surface area contributed by atoms with Crippen LogP contribution in [0.2, 0.25) is 0 Å². The maximum atomic E-state index is 11.8. The minimum absolute atomic E-state index is 0.154. The van der Waals surface area contributed by atoms with E-state index in [1.54, 1.807) is 13.8 Å². The molecule has 1 fully saturated rings. The number of ether oxygens (including phenoxy) is 4. The van der Waals surface area contributed by atoms with Gasteiger partial charge in [-0.25, -0.2) is 0 Å². The van der Waals surface area contributed by atoms with Gasteiger partial charge in [0.25, 0.3) is 6.47 Å². The van der Waals surface area contributed by atoms with Crippen molar-refractivity contribution in [2.24, 2.45) is 0 Å². The molecule has 0 aromatic rings. The Morgan fingerprint density at radius 1 is 1.30 bits per heavy atom. The van der Waals surface area contributed by atoms with E-state index in [0.29, 0.717) is 12.9 Å². The smallest absolute Gasteiger partial charge is 0.308 e. The third kappa shape index (κ3) is 6.34. The normalized spacial score (nSPS) is 25.9. The van der Waals surface area contributed by atoms with Crippen LogP contribution >= 0.6 is 0 Å². The van der Waals surface area contributed by atoms with Gasteiger partial charge in [0, 0.05) is 6.42 Å². The van der Waals surface area contributed by atoms with Crippen LogP contribution < -0.4 is 0 Å². The third-order valence-corrected chi connectivity index (χ3v) is 2.59. The number of hydrogen-bond acceptors (Lipinski definition) is 6. The Balaban J connectivity index is 2.55. The summed E-state index contributed by atoms with van der Waals surface area (Å²) in [6.45, 7) is 9.53. The molecule has 1 aliphatic heterocycles. The number of carbonyl (C=O) groups excluding carboxylic acids is 2. The summed E-state index contributed by atoms with van der Waals surface area (Å²) < 4.78 is 21.3. The first-order valence-electron chi connectivity index (χ1n) is 6.74. The maximum absolute atomic E-state index is 11.8. The van der Waals surface area contributed by atoms with Gasteiger partial charge >= 0.3 is 5.97 Å². The largest absolute Gasteiger partial charge is 0.465 e. The molecule has 0 aromatic carbocycles. The third-order valence-electron chi connectivity index (χ3n) is 2.59. The lowest BCUT2D eigenvalue weighted by Gasteiger charge is -2.40. The van der Waals surface area contributed by atoms with Crippen molar-refractivity contribution in [3.63, 3.8) is 0 Å². The molecule has 0 saturated carbocycles. The highest BCUT2D eigenvalue weighted by molar-refractivity contribution is 5.70. The second kappa shape index (κ2) is 6.54. The molecule has 1 rings (SSSR count). The average Bonchev–Trinajstić information content (AvgIpc) is 2.21. The second-order valence-corrected chi connectivity index (χ2v) is 6.34. The summed E-state index contributed by atoms with van der Waals surface area (Å²) >= 11 is 0. The molecule has 1 aliphatic rings. The molecule has 0 radical (unpaired) electrons. The van der Waals surface area contributed by atoms with Crippen LogP contribution in [-0.2, 0) is 28.5 Å². The first-order chi connectivity index (χ1) is 9.11. The Kier molecular flexibility index (Phi) is 5.53. The van der Waals surface area contributed by atoms with E-state index >= 15 is 0 Å². The molecule has 2 atom stereocenters. The Hall–Kier alpha value is -1.14. The maximum Gasteiger partial charge on any atom is 0.308 e. The minimum atomic E-state index is -0.818. The molecule has 1 heterocycles. The van der Waals surface area contributed by atoms with Crippen molar-refractivity contribution in [1.82, 2.24) is 0 Å². The van der Waals surface area contributed by atoms with E-state index in [0.717, 1.165) is 0 Å². The molecule has 0 spiro atoms. The molecule has 0 N–H and O–H groups in total. The predicted octanol–water partition coefficient (Wildman–Crippen LogP) is 1.80. The molecule has 6 nitrogen and oxygen atoms in total. The van der Waals surface area contributed by atoms with Crippen molar-refractivity contribution in [2.75, 3.05) is 6.61 Å². The summed E-state index contributed by atoms with van der Waals surface area (Å²) in [6.07, 6.45) is 0.0447. The lowest BCUT2D eigenvalue weighted by molar-refractivity contribution is -0.304. The predicted molar refractivity (Wildman–Crippen MR) is 70.9 cm³/mol. The van der Waals surface area contributed by atoms with E-state index in [2.05, 4.69) is 0 Å². The van der Waals surface area contributed by atoms with Crippen LogP contribution in [-0.4, -0.2) is 42.6 Å². The molecule has 0 bridgehead atoms. The molecule has 0 amide bonds. The highest BCUT2D eigenvalue weighted by Gasteiger charge is 2.37. The summed E-state index contributed by atoms with van der Waals surface area (Å²) in [7, 11) is 0. The van der Waals surface area contributed by atoms with Crippen LogP contribution in [0.15, 0.2) is 0 Å². The fraction of sp³-hybridized carbons (Fsp3) is 0.857.